The average Bonchev–Trinajstić information content (AvgIpc) is 3.16. The molecule has 0 spiro atoms. The molecule has 8 heteroatoms. The molecule has 0 aliphatic carbocycles. The minimum absolute atomic E-state index is 0.227. The van der Waals surface area contributed by atoms with Crippen LogP contribution in [0.2, 0.25) is 5.02 Å². The van der Waals surface area contributed by atoms with Crippen molar-refractivity contribution in [1.82, 2.24) is 4.90 Å². The van der Waals surface area contributed by atoms with Gasteiger partial charge in [-0.15, -0.1) is 0 Å². The molecule has 0 saturated carbocycles. The number of carbonyl (C=O) groups is 3. The number of nitrogens with one attached hydrogen (secondary N) is 1. The Balaban J connectivity index is 1.29. The molecule has 0 atom stereocenters. The maximum atomic E-state index is 13.0. The molecule has 3 amide bonds. The molecule has 1 aliphatic rings. The third kappa shape index (κ3) is 5.69. The average molecular weight is 529 g/mol. The molecule has 1 heterocycles. The minimum Gasteiger partial charge on any atom is -0.488 e. The molecule has 0 aromatic heterocycles. The molecule has 4 aromatic rings. The third-order valence-electron chi connectivity index (χ3n) is 5.77. The highest BCUT2D eigenvalue weighted by Crippen LogP contribution is 2.34. The van der Waals surface area contributed by atoms with Crippen LogP contribution >= 0.6 is 23.4 Å². The molecule has 4 aromatic carbocycles. The van der Waals surface area contributed by atoms with Crippen LogP contribution in [0.25, 0.3) is 16.8 Å². The molecule has 1 N–H and O–H groups in total. The van der Waals surface area contributed by atoms with Gasteiger partial charge in [0.05, 0.1) is 4.91 Å². The predicted octanol–water partition coefficient (Wildman–Crippen LogP) is 6.75. The third-order valence-corrected chi connectivity index (χ3v) is 6.93. The fourth-order valence-electron chi connectivity index (χ4n) is 3.96. The zero-order valence-electron chi connectivity index (χ0n) is 19.5. The summed E-state index contributed by atoms with van der Waals surface area (Å²) < 4.78 is 6.13. The molecule has 0 bridgehead atoms. The molecule has 1 fully saturated rings. The number of rotatable bonds is 7. The lowest BCUT2D eigenvalue weighted by Gasteiger charge is -2.13. The van der Waals surface area contributed by atoms with E-state index in [1.165, 1.54) is 0 Å². The van der Waals surface area contributed by atoms with Crippen molar-refractivity contribution >= 4 is 63.0 Å². The number of hydrogen-bond acceptors (Lipinski definition) is 5. The molecule has 1 aliphatic heterocycles. The van der Waals surface area contributed by atoms with E-state index in [0.29, 0.717) is 28.6 Å². The number of benzene rings is 4. The van der Waals surface area contributed by atoms with Crippen molar-refractivity contribution in [3.8, 4) is 5.75 Å². The highest BCUT2D eigenvalue weighted by atomic mass is 35.5. The molecule has 5 rings (SSSR count). The van der Waals surface area contributed by atoms with Crippen LogP contribution in [0, 0.1) is 0 Å². The van der Waals surface area contributed by atoms with Gasteiger partial charge in [-0.2, -0.15) is 0 Å². The SMILES string of the molecule is O=C(CN1C(=O)S/C(=C\c2ccccc2OCc2cccc3ccccc23)C1=O)Nc1ccc(Cl)cc1. The van der Waals surface area contributed by atoms with E-state index in [9.17, 15) is 14.4 Å². The van der Waals surface area contributed by atoms with E-state index in [2.05, 4.69) is 23.5 Å². The lowest BCUT2D eigenvalue weighted by Crippen LogP contribution is -2.36. The number of hydrogen-bond donors (Lipinski definition) is 1. The Kier molecular flexibility index (Phi) is 7.25. The highest BCUT2D eigenvalue weighted by Gasteiger charge is 2.36. The second-order valence-corrected chi connectivity index (χ2v) is 9.72. The number of carbonyl (C=O) groups excluding carboxylic acids is 3. The second-order valence-electron chi connectivity index (χ2n) is 8.29. The van der Waals surface area contributed by atoms with E-state index in [1.54, 1.807) is 30.3 Å². The zero-order valence-corrected chi connectivity index (χ0v) is 21.1. The summed E-state index contributed by atoms with van der Waals surface area (Å²) >= 11 is 6.66. The Labute approximate surface area is 222 Å². The van der Waals surface area contributed by atoms with Crippen molar-refractivity contribution < 1.29 is 19.1 Å². The monoisotopic (exact) mass is 528 g/mol. The number of nitrogens with zero attached hydrogens (tertiary/aromatic N) is 1. The molecular formula is C29H21ClN2O4S. The maximum absolute atomic E-state index is 13.0. The second kappa shape index (κ2) is 10.9. The fourth-order valence-corrected chi connectivity index (χ4v) is 4.92. The number of amides is 3. The molecule has 37 heavy (non-hydrogen) atoms. The standard InChI is InChI=1S/C29H21ClN2O4S/c30-22-12-14-23(15-13-22)31-27(33)17-32-28(34)26(37-29(32)35)16-20-7-2-4-11-25(20)36-18-21-9-5-8-19-6-1-3-10-24(19)21/h1-16H,17-18H2,(H,31,33)/b26-16-. The van der Waals surface area contributed by atoms with Crippen LogP contribution in [0.15, 0.2) is 95.9 Å². The largest absolute Gasteiger partial charge is 0.488 e. The normalized spacial score (nSPS) is 14.4. The maximum Gasteiger partial charge on any atom is 0.294 e. The summed E-state index contributed by atoms with van der Waals surface area (Å²) in [5.74, 6) is -0.419. The molecule has 6 nitrogen and oxygen atoms in total. The zero-order chi connectivity index (χ0) is 25.8. The van der Waals surface area contributed by atoms with Gasteiger partial charge in [0.2, 0.25) is 5.91 Å². The van der Waals surface area contributed by atoms with Crippen molar-refractivity contribution in [2.75, 3.05) is 11.9 Å². The van der Waals surface area contributed by atoms with Gasteiger partial charge in [-0.3, -0.25) is 19.3 Å². The summed E-state index contributed by atoms with van der Waals surface area (Å²) in [5, 5.41) is 4.94. The number of anilines is 1. The van der Waals surface area contributed by atoms with Gasteiger partial charge in [0.25, 0.3) is 11.1 Å². The summed E-state index contributed by atoms with van der Waals surface area (Å²) in [6.45, 7) is -0.0393. The highest BCUT2D eigenvalue weighted by molar-refractivity contribution is 8.18. The first kappa shape index (κ1) is 24.6. The number of ether oxygens (including phenoxy) is 1. The molecular weight excluding hydrogens is 508 g/mol. The van der Waals surface area contributed by atoms with E-state index in [0.717, 1.165) is 33.0 Å². The fraction of sp³-hybridized carbons (Fsp3) is 0.0690. The Morgan fingerprint density at radius 2 is 1.65 bits per heavy atom. The summed E-state index contributed by atoms with van der Waals surface area (Å²) in [5.41, 5.74) is 2.23. The van der Waals surface area contributed by atoms with Crippen LogP contribution in [0.3, 0.4) is 0 Å². The molecule has 0 radical (unpaired) electrons. The Morgan fingerprint density at radius 1 is 0.919 bits per heavy atom. The minimum atomic E-state index is -0.523. The first-order chi connectivity index (χ1) is 18.0. The lowest BCUT2D eigenvalue weighted by molar-refractivity contribution is -0.127. The first-order valence-electron chi connectivity index (χ1n) is 11.5. The Morgan fingerprint density at radius 3 is 2.49 bits per heavy atom. The smallest absolute Gasteiger partial charge is 0.294 e. The summed E-state index contributed by atoms with van der Waals surface area (Å²) in [7, 11) is 0. The van der Waals surface area contributed by atoms with E-state index in [-0.39, 0.29) is 11.4 Å². The van der Waals surface area contributed by atoms with Crippen molar-refractivity contribution in [3.63, 3.8) is 0 Å². The van der Waals surface area contributed by atoms with E-state index in [4.69, 9.17) is 16.3 Å². The van der Waals surface area contributed by atoms with Crippen molar-refractivity contribution in [3.05, 3.63) is 112 Å². The summed E-state index contributed by atoms with van der Waals surface area (Å²) in [6, 6.07) is 28.0. The van der Waals surface area contributed by atoms with Crippen LogP contribution in [0.5, 0.6) is 5.75 Å². The summed E-state index contributed by atoms with van der Waals surface area (Å²) in [6.07, 6.45) is 1.63. The quantitative estimate of drug-likeness (QED) is 0.269. The van der Waals surface area contributed by atoms with E-state index >= 15 is 0 Å². The molecule has 0 unspecified atom stereocenters. The van der Waals surface area contributed by atoms with E-state index < -0.39 is 17.1 Å². The van der Waals surface area contributed by atoms with Crippen molar-refractivity contribution in [2.24, 2.45) is 0 Å². The van der Waals surface area contributed by atoms with Gasteiger partial charge in [-0.05, 0) is 64.5 Å². The van der Waals surface area contributed by atoms with Crippen LogP contribution in [0.1, 0.15) is 11.1 Å². The predicted molar refractivity (Wildman–Crippen MR) is 147 cm³/mol. The van der Waals surface area contributed by atoms with Gasteiger partial charge < -0.3 is 10.1 Å². The van der Waals surface area contributed by atoms with Crippen LogP contribution in [-0.2, 0) is 16.2 Å². The Hall–Kier alpha value is -4.07. The van der Waals surface area contributed by atoms with Crippen LogP contribution < -0.4 is 10.1 Å². The van der Waals surface area contributed by atoms with E-state index in [1.807, 2.05) is 48.5 Å². The first-order valence-corrected chi connectivity index (χ1v) is 12.7. The summed E-state index contributed by atoms with van der Waals surface area (Å²) in [4.78, 5) is 39.1. The Bertz CT molecular complexity index is 1530. The van der Waals surface area contributed by atoms with Gasteiger partial charge in [0.15, 0.2) is 0 Å². The van der Waals surface area contributed by atoms with Gasteiger partial charge >= 0.3 is 0 Å². The molecule has 1 saturated heterocycles. The lowest BCUT2D eigenvalue weighted by atomic mass is 10.1. The van der Waals surface area contributed by atoms with Crippen molar-refractivity contribution in [1.29, 1.82) is 0 Å². The van der Waals surface area contributed by atoms with Crippen LogP contribution in [0.4, 0.5) is 10.5 Å². The van der Waals surface area contributed by atoms with Gasteiger partial charge in [-0.1, -0.05) is 72.3 Å². The van der Waals surface area contributed by atoms with Crippen molar-refractivity contribution in [2.45, 2.75) is 6.61 Å². The van der Waals surface area contributed by atoms with Gasteiger partial charge in [0, 0.05) is 16.3 Å². The molecule has 184 valence electrons. The number of imide groups is 1. The number of fused-ring (bicyclic) bond motifs is 1. The van der Waals surface area contributed by atoms with Gasteiger partial charge in [0.1, 0.15) is 18.9 Å². The topological polar surface area (TPSA) is 75.7 Å². The number of thioether (sulfide) groups is 1. The van der Waals surface area contributed by atoms with Gasteiger partial charge in [-0.25, -0.2) is 0 Å². The number of para-hydroxylation sites is 1. The number of halogens is 1. The van der Waals surface area contributed by atoms with Crippen LogP contribution in [-0.4, -0.2) is 28.5 Å².